The third-order valence-corrected chi connectivity index (χ3v) is 2.67. The summed E-state index contributed by atoms with van der Waals surface area (Å²) in [5, 5.41) is 26.2. The van der Waals surface area contributed by atoms with Crippen LogP contribution in [0.1, 0.15) is 19.3 Å². The van der Waals surface area contributed by atoms with E-state index >= 15 is 0 Å². The number of urea groups is 1. The van der Waals surface area contributed by atoms with E-state index in [1.54, 1.807) is 23.1 Å². The standard InChI is InChI=1S/C12H18N4O5/c17-10(18)4-1-3-9(11(19)20)15-12(21)13-6-8-16-7-2-5-14-16/h2,5,7,9H,1,3-4,6,8H2,(H,17,18)(H,19,20)(H2,13,15,21)/t9-/m1/s1. The van der Waals surface area contributed by atoms with Gasteiger partial charge in [-0.3, -0.25) is 9.48 Å². The number of rotatable bonds is 9. The third kappa shape index (κ3) is 6.95. The maximum Gasteiger partial charge on any atom is 0.326 e. The summed E-state index contributed by atoms with van der Waals surface area (Å²) in [7, 11) is 0. The van der Waals surface area contributed by atoms with Gasteiger partial charge in [0.1, 0.15) is 6.04 Å². The van der Waals surface area contributed by atoms with E-state index in [-0.39, 0.29) is 19.3 Å². The Morgan fingerprint density at radius 2 is 2.05 bits per heavy atom. The number of carbonyl (C=O) groups is 3. The lowest BCUT2D eigenvalue weighted by Gasteiger charge is -2.14. The zero-order valence-corrected chi connectivity index (χ0v) is 11.4. The Hall–Kier alpha value is -2.58. The number of hydrogen-bond donors (Lipinski definition) is 4. The van der Waals surface area contributed by atoms with E-state index < -0.39 is 24.0 Å². The SMILES string of the molecule is O=C(O)CCC[C@@H](NC(=O)NCCn1cccn1)C(=O)O. The number of hydrogen-bond acceptors (Lipinski definition) is 4. The van der Waals surface area contributed by atoms with Gasteiger partial charge in [0.05, 0.1) is 6.54 Å². The van der Waals surface area contributed by atoms with Gasteiger partial charge in [0, 0.05) is 25.4 Å². The van der Waals surface area contributed by atoms with Crippen molar-refractivity contribution in [3.05, 3.63) is 18.5 Å². The first-order valence-electron chi connectivity index (χ1n) is 6.45. The minimum absolute atomic E-state index is 0.0637. The van der Waals surface area contributed by atoms with Crippen molar-refractivity contribution < 1.29 is 24.6 Å². The molecule has 0 aromatic carbocycles. The molecule has 0 aliphatic rings. The average molecular weight is 298 g/mol. The van der Waals surface area contributed by atoms with Gasteiger partial charge in [0.2, 0.25) is 0 Å². The Bertz CT molecular complexity index is 474. The van der Waals surface area contributed by atoms with Crippen LogP contribution in [0.25, 0.3) is 0 Å². The van der Waals surface area contributed by atoms with Crippen LogP contribution in [0, 0.1) is 0 Å². The fraction of sp³-hybridized carbons (Fsp3) is 0.500. The van der Waals surface area contributed by atoms with Crippen LogP contribution in [0.2, 0.25) is 0 Å². The average Bonchev–Trinajstić information content (AvgIpc) is 2.90. The second-order valence-corrected chi connectivity index (χ2v) is 4.35. The molecule has 0 saturated carbocycles. The summed E-state index contributed by atoms with van der Waals surface area (Å²) < 4.78 is 1.63. The molecule has 4 N–H and O–H groups in total. The van der Waals surface area contributed by atoms with E-state index in [1.807, 2.05) is 0 Å². The van der Waals surface area contributed by atoms with Crippen LogP contribution in [0.4, 0.5) is 4.79 Å². The van der Waals surface area contributed by atoms with Crippen molar-refractivity contribution in [3.63, 3.8) is 0 Å². The molecule has 2 amide bonds. The summed E-state index contributed by atoms with van der Waals surface area (Å²) in [5.74, 6) is -2.19. The number of carbonyl (C=O) groups excluding carboxylic acids is 1. The van der Waals surface area contributed by atoms with E-state index in [0.29, 0.717) is 13.1 Å². The zero-order valence-electron chi connectivity index (χ0n) is 11.4. The van der Waals surface area contributed by atoms with Crippen LogP contribution in [0.5, 0.6) is 0 Å². The molecule has 0 fully saturated rings. The number of nitrogens with one attached hydrogen (secondary N) is 2. The summed E-state index contributed by atoms with van der Waals surface area (Å²) in [5.41, 5.74) is 0. The Morgan fingerprint density at radius 1 is 1.29 bits per heavy atom. The van der Waals surface area contributed by atoms with Gasteiger partial charge in [-0.2, -0.15) is 5.10 Å². The second-order valence-electron chi connectivity index (χ2n) is 4.35. The van der Waals surface area contributed by atoms with Gasteiger partial charge < -0.3 is 20.8 Å². The summed E-state index contributed by atoms with van der Waals surface area (Å²) in [6, 6.07) is 0.0436. The maximum atomic E-state index is 11.6. The highest BCUT2D eigenvalue weighted by Gasteiger charge is 2.19. The predicted molar refractivity (Wildman–Crippen MR) is 71.7 cm³/mol. The molecule has 9 nitrogen and oxygen atoms in total. The minimum Gasteiger partial charge on any atom is -0.481 e. The molecular formula is C12H18N4O5. The maximum absolute atomic E-state index is 11.6. The van der Waals surface area contributed by atoms with Gasteiger partial charge in [-0.05, 0) is 18.9 Å². The molecule has 0 aliphatic carbocycles. The van der Waals surface area contributed by atoms with Crippen molar-refractivity contribution in [1.29, 1.82) is 0 Å². The monoisotopic (exact) mass is 298 g/mol. The van der Waals surface area contributed by atoms with Crippen LogP contribution in [-0.2, 0) is 16.1 Å². The Kier molecular flexibility index (Phi) is 6.72. The van der Waals surface area contributed by atoms with Crippen LogP contribution in [0.15, 0.2) is 18.5 Å². The largest absolute Gasteiger partial charge is 0.481 e. The Labute approximate surface area is 120 Å². The van der Waals surface area contributed by atoms with Crippen molar-refractivity contribution >= 4 is 18.0 Å². The summed E-state index contributed by atoms with van der Waals surface area (Å²) >= 11 is 0. The molecule has 9 heteroatoms. The number of carboxylic acids is 2. The first kappa shape index (κ1) is 16.5. The molecule has 0 spiro atoms. The highest BCUT2D eigenvalue weighted by Crippen LogP contribution is 2.01. The Balaban J connectivity index is 2.27. The van der Waals surface area contributed by atoms with Crippen molar-refractivity contribution in [2.75, 3.05) is 6.54 Å². The molecule has 0 aliphatic heterocycles. The molecule has 116 valence electrons. The number of amides is 2. The first-order valence-corrected chi connectivity index (χ1v) is 6.45. The van der Waals surface area contributed by atoms with Crippen LogP contribution >= 0.6 is 0 Å². The zero-order chi connectivity index (χ0) is 15.7. The lowest BCUT2D eigenvalue weighted by molar-refractivity contribution is -0.140. The van der Waals surface area contributed by atoms with Crippen molar-refractivity contribution in [1.82, 2.24) is 20.4 Å². The van der Waals surface area contributed by atoms with E-state index in [0.717, 1.165) is 0 Å². The van der Waals surface area contributed by atoms with Gasteiger partial charge in [0.25, 0.3) is 0 Å². The number of carboxylic acid groups (broad SMARTS) is 2. The molecule has 0 saturated heterocycles. The third-order valence-electron chi connectivity index (χ3n) is 2.67. The molecule has 1 atom stereocenters. The van der Waals surface area contributed by atoms with E-state index in [4.69, 9.17) is 10.2 Å². The molecule has 1 aromatic heterocycles. The van der Waals surface area contributed by atoms with Gasteiger partial charge >= 0.3 is 18.0 Å². The molecule has 21 heavy (non-hydrogen) atoms. The highest BCUT2D eigenvalue weighted by molar-refractivity contribution is 5.82. The molecule has 1 heterocycles. The minimum atomic E-state index is -1.19. The first-order chi connectivity index (χ1) is 9.99. The van der Waals surface area contributed by atoms with Crippen molar-refractivity contribution in [2.24, 2.45) is 0 Å². The molecule has 1 aromatic rings. The number of aliphatic carboxylic acids is 2. The fourth-order valence-electron chi connectivity index (χ4n) is 1.64. The highest BCUT2D eigenvalue weighted by atomic mass is 16.4. The van der Waals surface area contributed by atoms with Gasteiger partial charge in [-0.25, -0.2) is 9.59 Å². The van der Waals surface area contributed by atoms with Gasteiger partial charge in [0.15, 0.2) is 0 Å². The second kappa shape index (κ2) is 8.56. The number of aromatic nitrogens is 2. The van der Waals surface area contributed by atoms with Crippen LogP contribution in [-0.4, -0.2) is 50.5 Å². The molecule has 0 bridgehead atoms. The predicted octanol–water partition coefficient (Wildman–Crippen LogP) is -0.110. The van der Waals surface area contributed by atoms with Gasteiger partial charge in [-0.1, -0.05) is 0 Å². The normalized spacial score (nSPS) is 11.6. The summed E-state index contributed by atoms with van der Waals surface area (Å²) in [6.45, 7) is 0.770. The number of nitrogens with zero attached hydrogens (tertiary/aromatic N) is 2. The van der Waals surface area contributed by atoms with Crippen molar-refractivity contribution in [2.45, 2.75) is 31.8 Å². The van der Waals surface area contributed by atoms with Gasteiger partial charge in [-0.15, -0.1) is 0 Å². The summed E-state index contributed by atoms with van der Waals surface area (Å²) in [6.07, 6.45) is 3.47. The van der Waals surface area contributed by atoms with Crippen LogP contribution in [0.3, 0.4) is 0 Å². The van der Waals surface area contributed by atoms with Crippen LogP contribution < -0.4 is 10.6 Å². The smallest absolute Gasteiger partial charge is 0.326 e. The molecular weight excluding hydrogens is 280 g/mol. The summed E-state index contributed by atoms with van der Waals surface area (Å²) in [4.78, 5) is 32.9. The van der Waals surface area contributed by atoms with Crippen molar-refractivity contribution in [3.8, 4) is 0 Å². The topological polar surface area (TPSA) is 134 Å². The lowest BCUT2D eigenvalue weighted by Crippen LogP contribution is -2.46. The van der Waals surface area contributed by atoms with E-state index in [9.17, 15) is 14.4 Å². The van der Waals surface area contributed by atoms with E-state index in [1.165, 1.54) is 0 Å². The lowest BCUT2D eigenvalue weighted by atomic mass is 10.1. The molecule has 0 unspecified atom stereocenters. The quantitative estimate of drug-likeness (QED) is 0.502. The molecule has 0 radical (unpaired) electrons. The fourth-order valence-corrected chi connectivity index (χ4v) is 1.64. The Morgan fingerprint density at radius 3 is 2.62 bits per heavy atom. The van der Waals surface area contributed by atoms with E-state index in [2.05, 4.69) is 15.7 Å². The molecule has 1 rings (SSSR count).